The van der Waals surface area contributed by atoms with Crippen LogP contribution in [0.25, 0.3) is 22.1 Å². The molecule has 1 heterocycles. The van der Waals surface area contributed by atoms with E-state index >= 15 is 0 Å². The lowest BCUT2D eigenvalue weighted by Crippen LogP contribution is -2.11. The maximum atomic E-state index is 12.8. The molecule has 3 rings (SSSR count). The van der Waals surface area contributed by atoms with E-state index in [9.17, 15) is 19.2 Å². The maximum absolute atomic E-state index is 12.8. The van der Waals surface area contributed by atoms with E-state index in [0.29, 0.717) is 10.9 Å². The van der Waals surface area contributed by atoms with Crippen molar-refractivity contribution in [1.29, 1.82) is 0 Å². The van der Waals surface area contributed by atoms with Gasteiger partial charge in [-0.05, 0) is 50.6 Å². The molecule has 0 aliphatic heterocycles. The van der Waals surface area contributed by atoms with Gasteiger partial charge >= 0.3 is 23.5 Å². The lowest BCUT2D eigenvalue weighted by Gasteiger charge is -2.11. The predicted octanol–water partition coefficient (Wildman–Crippen LogP) is 4.90. The second kappa shape index (κ2) is 10.0. The van der Waals surface area contributed by atoms with Crippen LogP contribution >= 0.6 is 0 Å². The molecular formula is C27H22O8. The van der Waals surface area contributed by atoms with Gasteiger partial charge in [0.15, 0.2) is 11.3 Å². The molecule has 0 aliphatic carbocycles. The van der Waals surface area contributed by atoms with Gasteiger partial charge < -0.3 is 18.6 Å². The summed E-state index contributed by atoms with van der Waals surface area (Å²) in [6.45, 7) is 15.1. The van der Waals surface area contributed by atoms with Crippen molar-refractivity contribution in [3.8, 4) is 28.4 Å². The molecule has 0 atom stereocenters. The molecule has 0 amide bonds. The zero-order valence-corrected chi connectivity index (χ0v) is 19.4. The molecule has 0 N–H and O–H groups in total. The average molecular weight is 474 g/mol. The molecule has 0 saturated carbocycles. The molecule has 178 valence electrons. The minimum atomic E-state index is -0.749. The number of ether oxygens (including phenoxy) is 3. The topological polar surface area (TPSA) is 109 Å². The van der Waals surface area contributed by atoms with Crippen molar-refractivity contribution in [3.05, 3.63) is 89.3 Å². The summed E-state index contributed by atoms with van der Waals surface area (Å²) in [4.78, 5) is 48.6. The summed E-state index contributed by atoms with van der Waals surface area (Å²) in [5, 5.41) is 0.328. The average Bonchev–Trinajstić information content (AvgIpc) is 2.79. The Labute approximate surface area is 200 Å². The predicted molar refractivity (Wildman–Crippen MR) is 129 cm³/mol. The highest BCUT2D eigenvalue weighted by molar-refractivity contribution is 5.95. The summed E-state index contributed by atoms with van der Waals surface area (Å²) >= 11 is 0. The minimum absolute atomic E-state index is 0.0181. The van der Waals surface area contributed by atoms with Crippen LogP contribution in [0, 0.1) is 0 Å². The number of hydrogen-bond donors (Lipinski definition) is 0. The van der Waals surface area contributed by atoms with Gasteiger partial charge in [0, 0.05) is 28.2 Å². The van der Waals surface area contributed by atoms with Crippen molar-refractivity contribution in [2.45, 2.75) is 20.8 Å². The van der Waals surface area contributed by atoms with Crippen LogP contribution in [-0.2, 0) is 14.4 Å². The van der Waals surface area contributed by atoms with E-state index in [1.165, 1.54) is 51.1 Å². The van der Waals surface area contributed by atoms with Crippen molar-refractivity contribution in [2.24, 2.45) is 0 Å². The van der Waals surface area contributed by atoms with Gasteiger partial charge in [0.05, 0.1) is 5.56 Å². The maximum Gasteiger partial charge on any atom is 0.344 e. The van der Waals surface area contributed by atoms with Crippen LogP contribution in [0.3, 0.4) is 0 Å². The third-order valence-corrected chi connectivity index (χ3v) is 4.61. The van der Waals surface area contributed by atoms with Gasteiger partial charge in [0.25, 0.3) is 0 Å². The van der Waals surface area contributed by atoms with Gasteiger partial charge in [-0.15, -0.1) is 0 Å². The number of carbonyl (C=O) groups is 3. The fraction of sp³-hybridized carbons (Fsp3) is 0.111. The molecule has 0 aliphatic rings. The van der Waals surface area contributed by atoms with Gasteiger partial charge in [-0.2, -0.15) is 0 Å². The summed E-state index contributed by atoms with van der Waals surface area (Å²) in [7, 11) is 0. The first kappa shape index (κ1) is 24.9. The third kappa shape index (κ3) is 5.80. The number of benzene rings is 2. The molecule has 0 saturated heterocycles. The molecule has 0 unspecified atom stereocenters. The molecule has 8 nitrogen and oxygen atoms in total. The Morgan fingerprint density at radius 3 is 1.77 bits per heavy atom. The Morgan fingerprint density at radius 2 is 1.23 bits per heavy atom. The number of carbonyl (C=O) groups excluding carboxylic acids is 3. The summed E-state index contributed by atoms with van der Waals surface area (Å²) in [6.07, 6.45) is 0. The Bertz CT molecular complexity index is 1460. The van der Waals surface area contributed by atoms with Gasteiger partial charge in [-0.25, -0.2) is 19.2 Å². The van der Waals surface area contributed by atoms with Crippen LogP contribution in [0.1, 0.15) is 20.8 Å². The quantitative estimate of drug-likeness (QED) is 0.206. The van der Waals surface area contributed by atoms with E-state index in [1.54, 1.807) is 12.1 Å². The van der Waals surface area contributed by atoms with Gasteiger partial charge in [0.1, 0.15) is 11.5 Å². The van der Waals surface area contributed by atoms with Crippen molar-refractivity contribution < 1.29 is 33.0 Å². The largest absolute Gasteiger partial charge is 0.423 e. The number of esters is 3. The highest BCUT2D eigenvalue weighted by Crippen LogP contribution is 2.33. The number of fused-ring (bicyclic) bond motifs is 1. The molecule has 1 aromatic heterocycles. The molecule has 0 radical (unpaired) electrons. The van der Waals surface area contributed by atoms with E-state index in [0.717, 1.165) is 0 Å². The second-order valence-corrected chi connectivity index (χ2v) is 7.82. The first-order valence-corrected chi connectivity index (χ1v) is 10.3. The molecule has 8 heteroatoms. The van der Waals surface area contributed by atoms with Crippen LogP contribution in [-0.4, -0.2) is 17.9 Å². The molecule has 35 heavy (non-hydrogen) atoms. The standard InChI is InChI=1S/C27H22O8/c1-14(2)24(28)32-19-9-7-17(8-10-19)21-12-18-11-20(33-25(29)15(3)4)13-22(23(18)35-27(21)31)34-26(30)16(5)6/h7-13H,1,3,5H2,2,4,6H3. The van der Waals surface area contributed by atoms with Crippen LogP contribution in [0.4, 0.5) is 0 Å². The van der Waals surface area contributed by atoms with E-state index in [4.69, 9.17) is 18.6 Å². The van der Waals surface area contributed by atoms with E-state index in [-0.39, 0.29) is 45.1 Å². The SMILES string of the molecule is C=C(C)C(=O)Oc1ccc(-c2cc3cc(OC(=O)C(=C)C)cc(OC(=O)C(=C)C)c3oc2=O)cc1. The molecule has 3 aromatic rings. The van der Waals surface area contributed by atoms with Gasteiger partial charge in [-0.3, -0.25) is 0 Å². The van der Waals surface area contributed by atoms with Gasteiger partial charge in [0.2, 0.25) is 0 Å². The summed E-state index contributed by atoms with van der Waals surface area (Å²) in [5.41, 5.74) is 0.457. The van der Waals surface area contributed by atoms with Crippen molar-refractivity contribution in [2.75, 3.05) is 0 Å². The first-order valence-electron chi connectivity index (χ1n) is 10.3. The Hall–Kier alpha value is -4.72. The molecule has 0 spiro atoms. The van der Waals surface area contributed by atoms with Crippen molar-refractivity contribution >= 4 is 28.9 Å². The zero-order valence-electron chi connectivity index (χ0n) is 19.4. The Balaban J connectivity index is 2.09. The summed E-state index contributed by atoms with van der Waals surface area (Å²) in [6, 6.07) is 10.4. The highest BCUT2D eigenvalue weighted by Gasteiger charge is 2.18. The normalized spacial score (nSPS) is 10.4. The molecular weight excluding hydrogens is 452 g/mol. The van der Waals surface area contributed by atoms with E-state index in [1.807, 2.05) is 0 Å². The zero-order chi connectivity index (χ0) is 25.9. The van der Waals surface area contributed by atoms with Crippen molar-refractivity contribution in [3.63, 3.8) is 0 Å². The summed E-state index contributed by atoms with van der Waals surface area (Å²) in [5.74, 6) is -1.80. The van der Waals surface area contributed by atoms with Gasteiger partial charge in [-0.1, -0.05) is 31.9 Å². The Morgan fingerprint density at radius 1 is 0.714 bits per heavy atom. The Kier molecular flexibility index (Phi) is 7.15. The highest BCUT2D eigenvalue weighted by atomic mass is 16.6. The lowest BCUT2D eigenvalue weighted by molar-refractivity contribution is -0.131. The number of hydrogen-bond acceptors (Lipinski definition) is 8. The fourth-order valence-electron chi connectivity index (χ4n) is 2.79. The molecule has 0 bridgehead atoms. The van der Waals surface area contributed by atoms with Crippen LogP contribution in [0.5, 0.6) is 17.2 Å². The molecule has 0 fully saturated rings. The smallest absolute Gasteiger partial charge is 0.344 e. The van der Waals surface area contributed by atoms with Crippen LogP contribution in [0.15, 0.2) is 88.1 Å². The number of rotatable bonds is 7. The second-order valence-electron chi connectivity index (χ2n) is 7.82. The minimum Gasteiger partial charge on any atom is -0.423 e. The van der Waals surface area contributed by atoms with E-state index in [2.05, 4.69) is 19.7 Å². The first-order chi connectivity index (χ1) is 16.5. The van der Waals surface area contributed by atoms with Crippen molar-refractivity contribution in [1.82, 2.24) is 0 Å². The fourth-order valence-corrected chi connectivity index (χ4v) is 2.79. The van der Waals surface area contributed by atoms with Crippen LogP contribution < -0.4 is 19.8 Å². The third-order valence-electron chi connectivity index (χ3n) is 4.61. The van der Waals surface area contributed by atoms with Crippen LogP contribution in [0.2, 0.25) is 0 Å². The summed E-state index contributed by atoms with van der Waals surface area (Å²) < 4.78 is 21.2. The monoisotopic (exact) mass is 474 g/mol. The van der Waals surface area contributed by atoms with E-state index < -0.39 is 23.5 Å². The molecule has 2 aromatic carbocycles. The lowest BCUT2D eigenvalue weighted by atomic mass is 10.1.